The van der Waals surface area contributed by atoms with Crippen LogP contribution >= 0.6 is 0 Å². The molecule has 3 aromatic rings. The van der Waals surface area contributed by atoms with Gasteiger partial charge < -0.3 is 19.2 Å². The number of rotatable bonds is 7. The van der Waals surface area contributed by atoms with E-state index < -0.39 is 18.5 Å². The van der Waals surface area contributed by atoms with E-state index in [1.807, 2.05) is 36.4 Å². The highest BCUT2D eigenvalue weighted by atomic mass is 16.6. The number of nitrogens with zero attached hydrogens (tertiary/aromatic N) is 1. The normalized spacial score (nSPS) is 11.4. The standard InChI is InChI=1S/C21H18N2O5/c1-14(19-10-16-4-2-3-5-18(16)28-19)23-20(24)12-27-21(25)13-26-17-8-6-15(11-22)7-9-17/h2-10,14H,12-13H2,1H3,(H,23,24)/t14-/m1/s1. The number of ether oxygens (including phenoxy) is 2. The second-order valence-corrected chi connectivity index (χ2v) is 6.06. The van der Waals surface area contributed by atoms with Crippen molar-refractivity contribution in [3.05, 3.63) is 65.9 Å². The second-order valence-electron chi connectivity index (χ2n) is 6.06. The summed E-state index contributed by atoms with van der Waals surface area (Å²) >= 11 is 0. The predicted octanol–water partition coefficient (Wildman–Crippen LogP) is 3.10. The molecule has 0 aliphatic rings. The molecule has 0 aliphatic heterocycles. The summed E-state index contributed by atoms with van der Waals surface area (Å²) in [6.07, 6.45) is 0. The fourth-order valence-electron chi connectivity index (χ4n) is 2.53. The summed E-state index contributed by atoms with van der Waals surface area (Å²) in [5, 5.41) is 12.4. The Labute approximate surface area is 161 Å². The zero-order valence-electron chi connectivity index (χ0n) is 15.2. The molecule has 1 heterocycles. The largest absolute Gasteiger partial charge is 0.482 e. The number of carbonyl (C=O) groups excluding carboxylic acids is 2. The van der Waals surface area contributed by atoms with Gasteiger partial charge in [-0.15, -0.1) is 0 Å². The van der Waals surface area contributed by atoms with E-state index in [1.54, 1.807) is 31.2 Å². The van der Waals surface area contributed by atoms with Crippen molar-refractivity contribution in [3.8, 4) is 11.8 Å². The van der Waals surface area contributed by atoms with Crippen molar-refractivity contribution < 1.29 is 23.5 Å². The molecule has 1 atom stereocenters. The summed E-state index contributed by atoms with van der Waals surface area (Å²) in [6, 6.07) is 17.3. The third-order valence-corrected chi connectivity index (χ3v) is 3.95. The number of fused-ring (bicyclic) bond motifs is 1. The van der Waals surface area contributed by atoms with E-state index in [1.165, 1.54) is 0 Å². The third-order valence-electron chi connectivity index (χ3n) is 3.95. The van der Waals surface area contributed by atoms with Crippen LogP contribution in [0.1, 0.15) is 24.3 Å². The van der Waals surface area contributed by atoms with Gasteiger partial charge in [0.15, 0.2) is 13.2 Å². The van der Waals surface area contributed by atoms with E-state index in [0.29, 0.717) is 17.1 Å². The van der Waals surface area contributed by atoms with Gasteiger partial charge in [-0.05, 0) is 43.3 Å². The first-order valence-corrected chi connectivity index (χ1v) is 8.61. The van der Waals surface area contributed by atoms with Crippen LogP contribution in [0.15, 0.2) is 59.0 Å². The van der Waals surface area contributed by atoms with Crippen molar-refractivity contribution in [2.75, 3.05) is 13.2 Å². The lowest BCUT2D eigenvalue weighted by atomic mass is 10.2. The first-order valence-electron chi connectivity index (χ1n) is 8.61. The van der Waals surface area contributed by atoms with Gasteiger partial charge in [0.05, 0.1) is 17.7 Å². The summed E-state index contributed by atoms with van der Waals surface area (Å²) in [6.45, 7) is 1.03. The van der Waals surface area contributed by atoms with Crippen LogP contribution in [0.25, 0.3) is 11.0 Å². The minimum atomic E-state index is -0.670. The molecule has 0 bridgehead atoms. The highest BCUT2D eigenvalue weighted by Gasteiger charge is 2.15. The third kappa shape index (κ3) is 4.89. The number of benzene rings is 2. The summed E-state index contributed by atoms with van der Waals surface area (Å²) in [7, 11) is 0. The van der Waals surface area contributed by atoms with E-state index in [0.717, 1.165) is 11.0 Å². The van der Waals surface area contributed by atoms with Gasteiger partial charge >= 0.3 is 5.97 Å². The first kappa shape index (κ1) is 19.0. The Hall–Kier alpha value is -3.79. The maximum Gasteiger partial charge on any atom is 0.344 e. The lowest BCUT2D eigenvalue weighted by Crippen LogP contribution is -2.31. The number of hydrogen-bond acceptors (Lipinski definition) is 6. The molecule has 0 saturated carbocycles. The smallest absolute Gasteiger partial charge is 0.344 e. The Morgan fingerprint density at radius 3 is 2.61 bits per heavy atom. The SMILES string of the molecule is C[C@@H](NC(=O)COC(=O)COc1ccc(C#N)cc1)c1cc2ccccc2o1. The molecule has 1 amide bonds. The summed E-state index contributed by atoms with van der Waals surface area (Å²) in [5.41, 5.74) is 1.23. The molecular formula is C21H18N2O5. The van der Waals surface area contributed by atoms with Gasteiger partial charge in [-0.2, -0.15) is 5.26 Å². The number of carbonyl (C=O) groups is 2. The number of furan rings is 1. The van der Waals surface area contributed by atoms with Crippen molar-refractivity contribution >= 4 is 22.8 Å². The Balaban J connectivity index is 1.42. The highest BCUT2D eigenvalue weighted by molar-refractivity contribution is 5.82. The number of nitrogens with one attached hydrogen (secondary N) is 1. The fourth-order valence-corrected chi connectivity index (χ4v) is 2.53. The molecule has 3 rings (SSSR count). The van der Waals surface area contributed by atoms with Gasteiger partial charge in [-0.1, -0.05) is 18.2 Å². The van der Waals surface area contributed by atoms with Gasteiger partial charge in [-0.25, -0.2) is 4.79 Å². The zero-order chi connectivity index (χ0) is 19.9. The molecule has 0 unspecified atom stereocenters. The van der Waals surface area contributed by atoms with Crippen molar-refractivity contribution in [1.82, 2.24) is 5.32 Å². The molecule has 28 heavy (non-hydrogen) atoms. The summed E-state index contributed by atoms with van der Waals surface area (Å²) in [5.74, 6) is -0.0699. The van der Waals surface area contributed by atoms with Gasteiger partial charge in [0.2, 0.25) is 0 Å². The Morgan fingerprint density at radius 1 is 1.14 bits per heavy atom. The zero-order valence-corrected chi connectivity index (χ0v) is 15.2. The van der Waals surface area contributed by atoms with Crippen LogP contribution in [-0.4, -0.2) is 25.1 Å². The van der Waals surface area contributed by atoms with Crippen molar-refractivity contribution in [1.29, 1.82) is 5.26 Å². The molecular weight excluding hydrogens is 360 g/mol. The van der Waals surface area contributed by atoms with Crippen molar-refractivity contribution in [2.24, 2.45) is 0 Å². The van der Waals surface area contributed by atoms with Gasteiger partial charge in [-0.3, -0.25) is 4.79 Å². The number of hydrogen-bond donors (Lipinski definition) is 1. The van der Waals surface area contributed by atoms with Crippen LogP contribution in [0.3, 0.4) is 0 Å². The Bertz CT molecular complexity index is 984. The van der Waals surface area contributed by atoms with Crippen LogP contribution in [0.5, 0.6) is 5.75 Å². The van der Waals surface area contributed by atoms with Gasteiger partial charge in [0, 0.05) is 5.39 Å². The fraction of sp³-hybridized carbons (Fsp3) is 0.190. The molecule has 142 valence electrons. The lowest BCUT2D eigenvalue weighted by molar-refractivity contribution is -0.150. The van der Waals surface area contributed by atoms with E-state index in [4.69, 9.17) is 19.2 Å². The van der Waals surface area contributed by atoms with Crippen LogP contribution in [0.2, 0.25) is 0 Å². The quantitative estimate of drug-likeness (QED) is 0.634. The first-order chi connectivity index (χ1) is 13.5. The molecule has 1 N–H and O–H groups in total. The molecule has 0 saturated heterocycles. The molecule has 0 radical (unpaired) electrons. The lowest BCUT2D eigenvalue weighted by Gasteiger charge is -2.12. The number of para-hydroxylation sites is 1. The van der Waals surface area contributed by atoms with Gasteiger partial charge in [0.25, 0.3) is 5.91 Å². The molecule has 7 heteroatoms. The number of nitriles is 1. The number of amides is 1. The Morgan fingerprint density at radius 2 is 1.89 bits per heavy atom. The molecule has 0 fully saturated rings. The summed E-state index contributed by atoms with van der Waals surface area (Å²) < 4.78 is 15.9. The molecule has 0 aliphatic carbocycles. The molecule has 7 nitrogen and oxygen atoms in total. The van der Waals surface area contributed by atoms with Gasteiger partial charge in [0.1, 0.15) is 17.1 Å². The average Bonchev–Trinajstić information content (AvgIpc) is 3.15. The van der Waals surface area contributed by atoms with E-state index in [9.17, 15) is 9.59 Å². The second kappa shape index (κ2) is 8.73. The topological polar surface area (TPSA) is 102 Å². The molecule has 0 spiro atoms. The van der Waals surface area contributed by atoms with E-state index in [-0.39, 0.29) is 12.6 Å². The summed E-state index contributed by atoms with van der Waals surface area (Å²) in [4.78, 5) is 23.7. The van der Waals surface area contributed by atoms with Crippen LogP contribution in [0, 0.1) is 11.3 Å². The minimum Gasteiger partial charge on any atom is -0.482 e. The average molecular weight is 378 g/mol. The highest BCUT2D eigenvalue weighted by Crippen LogP contribution is 2.23. The van der Waals surface area contributed by atoms with Crippen molar-refractivity contribution in [3.63, 3.8) is 0 Å². The van der Waals surface area contributed by atoms with E-state index >= 15 is 0 Å². The van der Waals surface area contributed by atoms with Crippen LogP contribution in [-0.2, 0) is 14.3 Å². The van der Waals surface area contributed by atoms with E-state index in [2.05, 4.69) is 5.32 Å². The molecule has 1 aromatic heterocycles. The Kier molecular flexibility index (Phi) is 5.92. The van der Waals surface area contributed by atoms with Crippen molar-refractivity contribution in [2.45, 2.75) is 13.0 Å². The predicted molar refractivity (Wildman–Crippen MR) is 100 cm³/mol. The minimum absolute atomic E-state index is 0.335. The van der Waals surface area contributed by atoms with Crippen LogP contribution < -0.4 is 10.1 Å². The monoisotopic (exact) mass is 378 g/mol. The van der Waals surface area contributed by atoms with Crippen LogP contribution in [0.4, 0.5) is 0 Å². The number of esters is 1. The molecule has 2 aromatic carbocycles. The maximum absolute atomic E-state index is 12.0. The maximum atomic E-state index is 12.0.